The summed E-state index contributed by atoms with van der Waals surface area (Å²) in [5, 5.41) is 1.79. The second-order valence-corrected chi connectivity index (χ2v) is 10.7. The molecule has 0 bridgehead atoms. The summed E-state index contributed by atoms with van der Waals surface area (Å²) in [5.74, 6) is -0.664. The number of carbonyl (C=O) groups is 2. The van der Waals surface area contributed by atoms with E-state index in [2.05, 4.69) is 15.9 Å². The molecule has 4 aromatic carbocycles. The standard InChI is InChI=1S/C27H22BrNO6S/c1-29(36(32,33)25-15-8-19-4-2-3-5-21(19)16-25)23-11-13-24(14-12-23)34-18-27(31)35-17-26(30)20-6-9-22(28)10-7-20/h2-16H,17-18H2,1H3. The second kappa shape index (κ2) is 10.9. The van der Waals surface area contributed by atoms with Gasteiger partial charge >= 0.3 is 5.97 Å². The number of sulfonamides is 1. The first kappa shape index (κ1) is 25.4. The predicted molar refractivity (Wildman–Crippen MR) is 141 cm³/mol. The molecule has 0 unspecified atom stereocenters. The van der Waals surface area contributed by atoms with Crippen LogP contribution in [0, 0.1) is 0 Å². The van der Waals surface area contributed by atoms with Crippen molar-refractivity contribution in [3.63, 3.8) is 0 Å². The second-order valence-electron chi connectivity index (χ2n) is 7.85. The number of ether oxygens (including phenoxy) is 2. The first-order valence-electron chi connectivity index (χ1n) is 10.9. The Morgan fingerprint density at radius 2 is 1.50 bits per heavy atom. The number of rotatable bonds is 9. The minimum Gasteiger partial charge on any atom is -0.482 e. The van der Waals surface area contributed by atoms with Crippen molar-refractivity contribution in [1.82, 2.24) is 0 Å². The Morgan fingerprint density at radius 3 is 2.19 bits per heavy atom. The van der Waals surface area contributed by atoms with Crippen molar-refractivity contribution in [2.75, 3.05) is 24.6 Å². The number of hydrogen-bond acceptors (Lipinski definition) is 6. The van der Waals surface area contributed by atoms with Crippen molar-refractivity contribution in [2.45, 2.75) is 4.90 Å². The summed E-state index contributed by atoms with van der Waals surface area (Å²) < 4.78 is 38.7. The van der Waals surface area contributed by atoms with E-state index in [1.165, 1.54) is 11.4 Å². The fraction of sp³-hybridized carbons (Fsp3) is 0.111. The molecule has 9 heteroatoms. The van der Waals surface area contributed by atoms with Gasteiger partial charge in [0.1, 0.15) is 5.75 Å². The lowest BCUT2D eigenvalue weighted by atomic mass is 10.1. The van der Waals surface area contributed by atoms with Gasteiger partial charge in [-0.2, -0.15) is 0 Å². The Labute approximate surface area is 217 Å². The number of carbonyl (C=O) groups excluding carboxylic acids is 2. The van der Waals surface area contributed by atoms with E-state index in [0.29, 0.717) is 17.0 Å². The minimum absolute atomic E-state index is 0.185. The molecule has 4 rings (SSSR count). The number of nitrogens with zero attached hydrogens (tertiary/aromatic N) is 1. The van der Waals surface area contributed by atoms with Crippen LogP contribution in [0.2, 0.25) is 0 Å². The molecular formula is C27H22BrNO6S. The number of esters is 1. The summed E-state index contributed by atoms with van der Waals surface area (Å²) in [4.78, 5) is 24.2. The Kier molecular flexibility index (Phi) is 7.71. The zero-order chi connectivity index (χ0) is 25.7. The molecular weight excluding hydrogens is 546 g/mol. The molecule has 0 heterocycles. The fourth-order valence-electron chi connectivity index (χ4n) is 3.43. The third-order valence-corrected chi connectivity index (χ3v) is 7.78. The largest absolute Gasteiger partial charge is 0.482 e. The van der Waals surface area contributed by atoms with Gasteiger partial charge < -0.3 is 9.47 Å². The van der Waals surface area contributed by atoms with Crippen LogP contribution in [0.25, 0.3) is 10.8 Å². The molecule has 4 aromatic rings. The number of anilines is 1. The van der Waals surface area contributed by atoms with Crippen LogP contribution in [0.5, 0.6) is 5.75 Å². The smallest absolute Gasteiger partial charge is 0.344 e. The van der Waals surface area contributed by atoms with Gasteiger partial charge in [0.2, 0.25) is 0 Å². The maximum atomic E-state index is 13.1. The molecule has 0 atom stereocenters. The molecule has 0 fully saturated rings. The van der Waals surface area contributed by atoms with Crippen molar-refractivity contribution in [1.29, 1.82) is 0 Å². The summed E-state index contributed by atoms with van der Waals surface area (Å²) in [6.45, 7) is -0.779. The van der Waals surface area contributed by atoms with Crippen LogP contribution in [-0.4, -0.2) is 40.4 Å². The lowest BCUT2D eigenvalue weighted by molar-refractivity contribution is -0.144. The van der Waals surface area contributed by atoms with Crippen molar-refractivity contribution in [2.24, 2.45) is 0 Å². The minimum atomic E-state index is -3.78. The molecule has 0 spiro atoms. The van der Waals surface area contributed by atoms with Gasteiger partial charge in [-0.15, -0.1) is 0 Å². The van der Waals surface area contributed by atoms with Crippen molar-refractivity contribution in [3.8, 4) is 5.75 Å². The first-order valence-corrected chi connectivity index (χ1v) is 13.1. The number of Topliss-reactive ketones (excluding diaryl/α,β-unsaturated/α-hetero) is 1. The van der Waals surface area contributed by atoms with Gasteiger partial charge in [0.25, 0.3) is 10.0 Å². The molecule has 184 valence electrons. The molecule has 0 aliphatic carbocycles. The van der Waals surface area contributed by atoms with E-state index in [9.17, 15) is 18.0 Å². The zero-order valence-corrected chi connectivity index (χ0v) is 21.7. The van der Waals surface area contributed by atoms with E-state index < -0.39 is 22.6 Å². The van der Waals surface area contributed by atoms with Gasteiger partial charge in [0.05, 0.1) is 10.6 Å². The average Bonchev–Trinajstić information content (AvgIpc) is 2.90. The Hall–Kier alpha value is -3.69. The highest BCUT2D eigenvalue weighted by atomic mass is 79.9. The summed E-state index contributed by atoms with van der Waals surface area (Å²) in [6.07, 6.45) is 0. The molecule has 0 aliphatic heterocycles. The normalized spacial score (nSPS) is 11.2. The molecule has 0 aliphatic rings. The lowest BCUT2D eigenvalue weighted by Gasteiger charge is -2.20. The molecule has 0 N–H and O–H groups in total. The van der Waals surface area contributed by atoms with Crippen LogP contribution in [-0.2, 0) is 19.6 Å². The van der Waals surface area contributed by atoms with Gasteiger partial charge in [0.15, 0.2) is 19.0 Å². The number of benzene rings is 4. The summed E-state index contributed by atoms with van der Waals surface area (Å²) in [5.41, 5.74) is 0.864. The fourth-order valence-corrected chi connectivity index (χ4v) is 4.92. The molecule has 7 nitrogen and oxygen atoms in total. The first-order chi connectivity index (χ1) is 17.2. The Balaban J connectivity index is 1.33. The maximum absolute atomic E-state index is 13.1. The highest BCUT2D eigenvalue weighted by Gasteiger charge is 2.21. The Morgan fingerprint density at radius 1 is 0.833 bits per heavy atom. The molecule has 0 amide bonds. The van der Waals surface area contributed by atoms with Crippen LogP contribution < -0.4 is 9.04 Å². The van der Waals surface area contributed by atoms with Crippen molar-refractivity contribution in [3.05, 3.63) is 101 Å². The van der Waals surface area contributed by atoms with E-state index in [0.717, 1.165) is 15.2 Å². The van der Waals surface area contributed by atoms with Gasteiger partial charge in [-0.3, -0.25) is 9.10 Å². The summed E-state index contributed by atoms with van der Waals surface area (Å²) in [6, 6.07) is 25.5. The zero-order valence-electron chi connectivity index (χ0n) is 19.3. The van der Waals surface area contributed by atoms with Gasteiger partial charge in [-0.1, -0.05) is 58.4 Å². The van der Waals surface area contributed by atoms with Crippen molar-refractivity contribution >= 4 is 54.2 Å². The third-order valence-electron chi connectivity index (χ3n) is 5.47. The maximum Gasteiger partial charge on any atom is 0.344 e. The lowest BCUT2D eigenvalue weighted by Crippen LogP contribution is -2.26. The van der Waals surface area contributed by atoms with Crippen LogP contribution in [0.1, 0.15) is 10.4 Å². The molecule has 0 saturated carbocycles. The van der Waals surface area contributed by atoms with E-state index in [-0.39, 0.29) is 17.3 Å². The van der Waals surface area contributed by atoms with Crippen molar-refractivity contribution < 1.29 is 27.5 Å². The Bertz CT molecular complexity index is 1500. The van der Waals surface area contributed by atoms with Gasteiger partial charge in [-0.25, -0.2) is 13.2 Å². The quantitative estimate of drug-likeness (QED) is 0.203. The SMILES string of the molecule is CN(c1ccc(OCC(=O)OCC(=O)c2ccc(Br)cc2)cc1)S(=O)(=O)c1ccc2ccccc2c1. The van der Waals surface area contributed by atoms with Gasteiger partial charge in [-0.05, 0) is 59.3 Å². The molecule has 36 heavy (non-hydrogen) atoms. The highest BCUT2D eigenvalue weighted by Crippen LogP contribution is 2.26. The van der Waals surface area contributed by atoms with E-state index in [1.54, 1.807) is 66.7 Å². The molecule has 0 saturated heterocycles. The van der Waals surface area contributed by atoms with E-state index in [1.807, 2.05) is 24.3 Å². The number of hydrogen-bond donors (Lipinski definition) is 0. The van der Waals surface area contributed by atoms with Gasteiger partial charge in [0, 0.05) is 17.1 Å². The number of ketones is 1. The predicted octanol–water partition coefficient (Wildman–Crippen LogP) is 5.23. The summed E-state index contributed by atoms with van der Waals surface area (Å²) >= 11 is 3.29. The topological polar surface area (TPSA) is 90.0 Å². The van der Waals surface area contributed by atoms with E-state index >= 15 is 0 Å². The molecule has 0 aromatic heterocycles. The number of fused-ring (bicyclic) bond motifs is 1. The highest BCUT2D eigenvalue weighted by molar-refractivity contribution is 9.10. The average molecular weight is 568 g/mol. The van der Waals surface area contributed by atoms with Crippen LogP contribution in [0.15, 0.2) is 100 Å². The molecule has 0 radical (unpaired) electrons. The third kappa shape index (κ3) is 5.92. The summed E-state index contributed by atoms with van der Waals surface area (Å²) in [7, 11) is -2.31. The van der Waals surface area contributed by atoms with Crippen LogP contribution >= 0.6 is 15.9 Å². The van der Waals surface area contributed by atoms with Crippen LogP contribution in [0.4, 0.5) is 5.69 Å². The van der Waals surface area contributed by atoms with E-state index in [4.69, 9.17) is 9.47 Å². The monoisotopic (exact) mass is 567 g/mol. The van der Waals surface area contributed by atoms with Crippen LogP contribution in [0.3, 0.4) is 0 Å². The number of halogens is 1.